The first-order valence-electron chi connectivity index (χ1n) is 6.84. The summed E-state index contributed by atoms with van der Waals surface area (Å²) < 4.78 is 5.59. The van der Waals surface area contributed by atoms with Crippen LogP contribution in [0.5, 0.6) is 0 Å². The van der Waals surface area contributed by atoms with Crippen LogP contribution in [0.25, 0.3) is 0 Å². The molecule has 0 saturated carbocycles. The predicted octanol–water partition coefficient (Wildman–Crippen LogP) is -3.91. The zero-order chi connectivity index (χ0) is 15.3. The van der Waals surface area contributed by atoms with Gasteiger partial charge in [-0.25, -0.2) is 4.90 Å². The van der Waals surface area contributed by atoms with Crippen LogP contribution in [0.3, 0.4) is 0 Å². The molecule has 3 unspecified atom stereocenters. The number of aliphatic hydroxyl groups excluding tert-OH is 3. The Morgan fingerprint density at radius 1 is 1.43 bits per heavy atom. The van der Waals surface area contributed by atoms with Crippen molar-refractivity contribution in [2.75, 3.05) is 20.3 Å². The van der Waals surface area contributed by atoms with Crippen LogP contribution >= 0.6 is 12.2 Å². The van der Waals surface area contributed by atoms with Crippen molar-refractivity contribution in [2.24, 2.45) is 5.73 Å². The third kappa shape index (κ3) is 2.46. The maximum atomic E-state index is 10.2. The number of ether oxygens (including phenoxy) is 1. The summed E-state index contributed by atoms with van der Waals surface area (Å²) in [5.41, 5.74) is 5.86. The molecule has 7 N–H and O–H groups in total. The van der Waals surface area contributed by atoms with Gasteiger partial charge in [0.25, 0.3) is 0 Å². The second-order valence-electron chi connectivity index (χ2n) is 5.68. The Hall–Kier alpha value is -0.430. The molecule has 0 amide bonds. The van der Waals surface area contributed by atoms with E-state index >= 15 is 0 Å². The van der Waals surface area contributed by atoms with Crippen LogP contribution in [0, 0.1) is 0 Å². The SMILES string of the molecule is CN1CN([C@@H]2O[C@H](CO)[C@@H](O)[C@H]2O)C2NC(N)NC(=S)C21. The molecular formula is C11H21N5O4S. The Bertz CT molecular complexity index is 429. The highest BCUT2D eigenvalue weighted by molar-refractivity contribution is 7.80. The molecule has 10 heteroatoms. The van der Waals surface area contributed by atoms with Crippen molar-refractivity contribution in [1.29, 1.82) is 0 Å². The highest BCUT2D eigenvalue weighted by Gasteiger charge is 2.53. The molecule has 0 aromatic carbocycles. The molecule has 7 atom stereocenters. The van der Waals surface area contributed by atoms with E-state index < -0.39 is 30.8 Å². The fourth-order valence-corrected chi connectivity index (χ4v) is 3.68. The molecule has 0 spiro atoms. The molecule has 0 aromatic heterocycles. The van der Waals surface area contributed by atoms with Crippen molar-refractivity contribution in [3.05, 3.63) is 0 Å². The van der Waals surface area contributed by atoms with Crippen molar-refractivity contribution < 1.29 is 20.1 Å². The Morgan fingerprint density at radius 2 is 2.14 bits per heavy atom. The van der Waals surface area contributed by atoms with Gasteiger partial charge in [-0.2, -0.15) is 0 Å². The lowest BCUT2D eigenvalue weighted by atomic mass is 10.1. The minimum atomic E-state index is -1.12. The van der Waals surface area contributed by atoms with Crippen LogP contribution in [0.15, 0.2) is 0 Å². The van der Waals surface area contributed by atoms with Gasteiger partial charge < -0.3 is 25.4 Å². The number of aliphatic hydroxyl groups is 3. The number of likely N-dealkylation sites (N-methyl/N-ethyl adjacent to an activating group) is 1. The van der Waals surface area contributed by atoms with E-state index in [1.54, 1.807) is 0 Å². The molecule has 120 valence electrons. The molecule has 9 nitrogen and oxygen atoms in total. The quantitative estimate of drug-likeness (QED) is 0.281. The normalized spacial score (nSPS) is 48.4. The van der Waals surface area contributed by atoms with Gasteiger partial charge in [0.2, 0.25) is 0 Å². The Labute approximate surface area is 127 Å². The van der Waals surface area contributed by atoms with Gasteiger partial charge in [-0.1, -0.05) is 12.2 Å². The van der Waals surface area contributed by atoms with E-state index in [4.69, 9.17) is 22.7 Å². The summed E-state index contributed by atoms with van der Waals surface area (Å²) in [5.74, 6) is 0. The Balaban J connectivity index is 1.81. The first-order valence-corrected chi connectivity index (χ1v) is 7.25. The Morgan fingerprint density at radius 3 is 2.76 bits per heavy atom. The number of thiocarbonyl (C=S) groups is 1. The third-order valence-electron chi connectivity index (χ3n) is 4.28. The van der Waals surface area contributed by atoms with Gasteiger partial charge in [-0.05, 0) is 7.05 Å². The predicted molar refractivity (Wildman–Crippen MR) is 76.7 cm³/mol. The number of fused-ring (bicyclic) bond motifs is 1. The molecule has 3 heterocycles. The fourth-order valence-electron chi connectivity index (χ4n) is 3.24. The maximum Gasteiger partial charge on any atom is 0.142 e. The lowest BCUT2D eigenvalue weighted by Crippen LogP contribution is -2.70. The summed E-state index contributed by atoms with van der Waals surface area (Å²) in [5, 5.41) is 35.4. The van der Waals surface area contributed by atoms with Crippen LogP contribution in [0.4, 0.5) is 0 Å². The van der Waals surface area contributed by atoms with Gasteiger partial charge in [-0.3, -0.25) is 16.0 Å². The lowest BCUT2D eigenvalue weighted by molar-refractivity contribution is -0.110. The number of nitrogens with one attached hydrogen (secondary N) is 2. The molecule has 21 heavy (non-hydrogen) atoms. The summed E-state index contributed by atoms with van der Waals surface area (Å²) in [6, 6.07) is -0.0964. The second kappa shape index (κ2) is 5.65. The van der Waals surface area contributed by atoms with Gasteiger partial charge in [0.05, 0.1) is 30.5 Å². The monoisotopic (exact) mass is 319 g/mol. The molecule has 3 aliphatic heterocycles. The van der Waals surface area contributed by atoms with E-state index in [0.717, 1.165) is 0 Å². The van der Waals surface area contributed by atoms with Gasteiger partial charge in [0.15, 0.2) is 0 Å². The molecule has 0 aliphatic carbocycles. The summed E-state index contributed by atoms with van der Waals surface area (Å²) >= 11 is 5.33. The number of nitrogens with two attached hydrogens (primary N) is 1. The van der Waals surface area contributed by atoms with E-state index in [1.165, 1.54) is 0 Å². The Kier molecular flexibility index (Phi) is 4.16. The van der Waals surface area contributed by atoms with Crippen molar-refractivity contribution in [3.8, 4) is 0 Å². The van der Waals surface area contributed by atoms with E-state index in [9.17, 15) is 15.3 Å². The van der Waals surface area contributed by atoms with E-state index in [-0.39, 0.29) is 18.8 Å². The average molecular weight is 319 g/mol. The van der Waals surface area contributed by atoms with Crippen LogP contribution in [0.2, 0.25) is 0 Å². The fraction of sp³-hybridized carbons (Fsp3) is 0.909. The third-order valence-corrected chi connectivity index (χ3v) is 4.64. The first-order chi connectivity index (χ1) is 9.93. The molecule has 3 fully saturated rings. The van der Waals surface area contributed by atoms with E-state index in [1.807, 2.05) is 16.8 Å². The van der Waals surface area contributed by atoms with Crippen LogP contribution in [0.1, 0.15) is 0 Å². The minimum Gasteiger partial charge on any atom is -0.394 e. The molecule has 3 aliphatic rings. The van der Waals surface area contributed by atoms with Crippen LogP contribution in [-0.2, 0) is 4.74 Å². The second-order valence-corrected chi connectivity index (χ2v) is 6.12. The molecule has 0 aromatic rings. The largest absolute Gasteiger partial charge is 0.394 e. The van der Waals surface area contributed by atoms with Gasteiger partial charge >= 0.3 is 0 Å². The average Bonchev–Trinajstić information content (AvgIpc) is 2.89. The van der Waals surface area contributed by atoms with Gasteiger partial charge in [0, 0.05) is 0 Å². The zero-order valence-electron chi connectivity index (χ0n) is 11.6. The summed E-state index contributed by atoms with van der Waals surface area (Å²) in [4.78, 5) is 4.50. The summed E-state index contributed by atoms with van der Waals surface area (Å²) in [7, 11) is 1.91. The minimum absolute atomic E-state index is 0.0964. The number of rotatable bonds is 2. The van der Waals surface area contributed by atoms with Crippen molar-refractivity contribution in [2.45, 2.75) is 43.0 Å². The lowest BCUT2D eigenvalue weighted by Gasteiger charge is -2.39. The standard InChI is InChI=1S/C11H21N5O4S/c1-15-3-16(8-5(15)9(21)14-11(12)13-8)10-7(19)6(18)4(2-17)20-10/h4-8,10-11,13,17-19H,2-3,12H2,1H3,(H,14,21)/t4-,5?,6-,7-,8?,10-,11?/m1/s1. The molecule has 3 rings (SSSR count). The molecule has 0 radical (unpaired) electrons. The zero-order valence-corrected chi connectivity index (χ0v) is 12.4. The molecular weight excluding hydrogens is 298 g/mol. The van der Waals surface area contributed by atoms with Gasteiger partial charge in [-0.15, -0.1) is 0 Å². The molecule has 3 saturated heterocycles. The van der Waals surface area contributed by atoms with Crippen LogP contribution < -0.4 is 16.4 Å². The number of hydrogen-bond acceptors (Lipinski definition) is 9. The smallest absolute Gasteiger partial charge is 0.142 e. The van der Waals surface area contributed by atoms with Gasteiger partial charge in [0.1, 0.15) is 30.8 Å². The summed E-state index contributed by atoms with van der Waals surface area (Å²) in [6.07, 6.45) is -4.46. The highest BCUT2D eigenvalue weighted by Crippen LogP contribution is 2.30. The van der Waals surface area contributed by atoms with Crippen molar-refractivity contribution in [3.63, 3.8) is 0 Å². The first kappa shape index (κ1) is 15.5. The van der Waals surface area contributed by atoms with Crippen LogP contribution in [-0.4, -0.2) is 93.5 Å². The van der Waals surface area contributed by atoms with Crippen molar-refractivity contribution >= 4 is 17.2 Å². The number of hydrogen-bond donors (Lipinski definition) is 6. The van der Waals surface area contributed by atoms with Crippen molar-refractivity contribution in [1.82, 2.24) is 20.4 Å². The maximum absolute atomic E-state index is 10.2. The number of nitrogens with zero attached hydrogens (tertiary/aromatic N) is 2. The van der Waals surface area contributed by atoms with E-state index in [2.05, 4.69) is 10.6 Å². The topological polar surface area (TPSA) is 126 Å². The summed E-state index contributed by atoms with van der Waals surface area (Å²) in [6.45, 7) is 0.142. The molecule has 0 bridgehead atoms. The van der Waals surface area contributed by atoms with E-state index in [0.29, 0.717) is 11.7 Å². The highest BCUT2D eigenvalue weighted by atomic mass is 32.1.